The summed E-state index contributed by atoms with van der Waals surface area (Å²) in [6, 6.07) is 17.9. The largest absolute Gasteiger partial charge is 0.497 e. The summed E-state index contributed by atoms with van der Waals surface area (Å²) in [6.07, 6.45) is 2.02. The Morgan fingerprint density at radius 2 is 1.92 bits per heavy atom. The minimum atomic E-state index is 0.289. The molecule has 0 saturated carbocycles. The lowest BCUT2D eigenvalue weighted by molar-refractivity contribution is 0.415. The maximum Gasteiger partial charge on any atom is 0.190 e. The number of fused-ring (bicyclic) bond motifs is 1. The van der Waals surface area contributed by atoms with E-state index in [4.69, 9.17) is 10.00 Å². The van der Waals surface area contributed by atoms with Gasteiger partial charge in [-0.1, -0.05) is 12.1 Å². The molecule has 0 spiro atoms. The third-order valence-electron chi connectivity index (χ3n) is 3.97. The zero-order valence-corrected chi connectivity index (χ0v) is 12.9. The summed E-state index contributed by atoms with van der Waals surface area (Å²) in [5, 5.41) is 20.7. The van der Waals surface area contributed by atoms with Crippen LogP contribution in [0.25, 0.3) is 27.8 Å². The lowest BCUT2D eigenvalue weighted by atomic mass is 10.1. The maximum absolute atomic E-state index is 9.13. The van der Waals surface area contributed by atoms with E-state index in [0.717, 1.165) is 27.9 Å². The molecule has 0 aliphatic carbocycles. The molecular weight excluding hydrogens is 302 g/mol. The molecule has 6 nitrogen and oxygen atoms in total. The number of hydrogen-bond donors (Lipinski definition) is 1. The number of aromatic amines is 1. The summed E-state index contributed by atoms with van der Waals surface area (Å²) in [7, 11) is 1.65. The zero-order chi connectivity index (χ0) is 16.5. The second-order valence-corrected chi connectivity index (χ2v) is 5.29. The van der Waals surface area contributed by atoms with Gasteiger partial charge in [0.25, 0.3) is 0 Å². The minimum absolute atomic E-state index is 0.289. The quantitative estimate of drug-likeness (QED) is 0.629. The Bertz CT molecular complexity index is 1050. The number of nitriles is 1. The average Bonchev–Trinajstić information content (AvgIpc) is 3.27. The van der Waals surface area contributed by atoms with Crippen LogP contribution < -0.4 is 4.74 Å². The number of hydrogen-bond acceptors (Lipinski definition) is 4. The van der Waals surface area contributed by atoms with Gasteiger partial charge in [0.2, 0.25) is 0 Å². The zero-order valence-electron chi connectivity index (χ0n) is 12.9. The van der Waals surface area contributed by atoms with Gasteiger partial charge >= 0.3 is 0 Å². The molecule has 2 aromatic carbocycles. The van der Waals surface area contributed by atoms with E-state index in [9.17, 15) is 0 Å². The van der Waals surface area contributed by atoms with Crippen LogP contribution in [0.1, 0.15) is 5.69 Å². The van der Waals surface area contributed by atoms with Gasteiger partial charge in [0, 0.05) is 17.4 Å². The van der Waals surface area contributed by atoms with Gasteiger partial charge in [0.15, 0.2) is 5.69 Å². The molecule has 0 aliphatic rings. The van der Waals surface area contributed by atoms with Gasteiger partial charge in [-0.25, -0.2) is 0 Å². The summed E-state index contributed by atoms with van der Waals surface area (Å²) in [5.74, 6) is 0.817. The fraction of sp³-hybridized carbons (Fsp3) is 0.0556. The normalized spacial score (nSPS) is 10.7. The van der Waals surface area contributed by atoms with Gasteiger partial charge in [-0.05, 0) is 41.8 Å². The monoisotopic (exact) mass is 315 g/mol. The Morgan fingerprint density at radius 1 is 1.08 bits per heavy atom. The molecule has 0 bridgehead atoms. The van der Waals surface area contributed by atoms with Crippen molar-refractivity contribution in [2.75, 3.05) is 7.11 Å². The second-order valence-electron chi connectivity index (χ2n) is 5.29. The van der Waals surface area contributed by atoms with Crippen molar-refractivity contribution in [1.29, 1.82) is 5.26 Å². The molecule has 0 atom stereocenters. The third-order valence-corrected chi connectivity index (χ3v) is 3.97. The van der Waals surface area contributed by atoms with E-state index in [1.54, 1.807) is 7.11 Å². The molecular formula is C18H13N5O. The van der Waals surface area contributed by atoms with E-state index in [0.29, 0.717) is 5.69 Å². The molecule has 2 aromatic heterocycles. The Kier molecular flexibility index (Phi) is 3.25. The van der Waals surface area contributed by atoms with E-state index >= 15 is 0 Å². The predicted octanol–water partition coefficient (Wildman–Crippen LogP) is 3.30. The van der Waals surface area contributed by atoms with Gasteiger partial charge in [-0.2, -0.15) is 15.6 Å². The number of H-pyrrole nitrogens is 1. The van der Waals surface area contributed by atoms with E-state index in [2.05, 4.69) is 26.0 Å². The predicted molar refractivity (Wildman–Crippen MR) is 89.9 cm³/mol. The Balaban J connectivity index is 1.86. The first-order chi connectivity index (χ1) is 11.8. The number of methoxy groups -OCH3 is 1. The Morgan fingerprint density at radius 3 is 2.67 bits per heavy atom. The van der Waals surface area contributed by atoms with Crippen LogP contribution in [-0.2, 0) is 0 Å². The summed E-state index contributed by atoms with van der Waals surface area (Å²) in [5.41, 5.74) is 3.76. The number of benzene rings is 2. The number of aromatic nitrogens is 4. The molecule has 4 aromatic rings. The highest BCUT2D eigenvalue weighted by Gasteiger charge is 2.12. The van der Waals surface area contributed by atoms with Crippen LogP contribution in [0, 0.1) is 11.3 Å². The number of ether oxygens (including phenoxy) is 1. The molecule has 2 heterocycles. The summed E-state index contributed by atoms with van der Waals surface area (Å²) < 4.78 is 7.30. The van der Waals surface area contributed by atoms with Gasteiger partial charge < -0.3 is 9.30 Å². The van der Waals surface area contributed by atoms with E-state index in [1.165, 1.54) is 0 Å². The van der Waals surface area contributed by atoms with Crippen molar-refractivity contribution in [3.63, 3.8) is 0 Å². The molecule has 0 aliphatic heterocycles. The van der Waals surface area contributed by atoms with Crippen LogP contribution in [-0.4, -0.2) is 27.1 Å². The van der Waals surface area contributed by atoms with E-state index in [1.807, 2.05) is 54.7 Å². The van der Waals surface area contributed by atoms with Crippen LogP contribution in [0.3, 0.4) is 0 Å². The molecule has 0 saturated heterocycles. The van der Waals surface area contributed by atoms with E-state index in [-0.39, 0.29) is 5.69 Å². The molecule has 6 heteroatoms. The van der Waals surface area contributed by atoms with Crippen molar-refractivity contribution in [2.45, 2.75) is 0 Å². The van der Waals surface area contributed by atoms with Crippen molar-refractivity contribution in [1.82, 2.24) is 20.0 Å². The van der Waals surface area contributed by atoms with Crippen molar-refractivity contribution < 1.29 is 4.74 Å². The molecule has 116 valence electrons. The Labute approximate surface area is 137 Å². The first-order valence-corrected chi connectivity index (χ1v) is 7.37. The Hall–Kier alpha value is -3.59. The number of nitrogens with zero attached hydrogens (tertiary/aromatic N) is 4. The lowest BCUT2D eigenvalue weighted by Gasteiger charge is -2.07. The van der Waals surface area contributed by atoms with Crippen LogP contribution in [0.4, 0.5) is 0 Å². The first-order valence-electron chi connectivity index (χ1n) is 7.37. The third kappa shape index (κ3) is 2.20. The first kappa shape index (κ1) is 14.0. The standard InChI is InChI=1S/C18H13N5O/c1-24-15-6-4-14(5-7-15)23-9-8-12-2-3-13(10-17(12)23)18-16(11-19)20-22-21-18/h2-10H,1H3,(H,20,21,22). The molecule has 0 amide bonds. The number of nitrogens with one attached hydrogen (secondary N) is 1. The molecule has 0 fully saturated rings. The van der Waals surface area contributed by atoms with Crippen molar-refractivity contribution >= 4 is 10.9 Å². The average molecular weight is 315 g/mol. The number of rotatable bonds is 3. The van der Waals surface area contributed by atoms with Crippen LogP contribution in [0.5, 0.6) is 5.75 Å². The summed E-state index contributed by atoms with van der Waals surface area (Å²) >= 11 is 0. The lowest BCUT2D eigenvalue weighted by Crippen LogP contribution is -1.93. The van der Waals surface area contributed by atoms with Gasteiger partial charge in [0.1, 0.15) is 17.5 Å². The highest BCUT2D eigenvalue weighted by atomic mass is 16.5. The van der Waals surface area contributed by atoms with Crippen molar-refractivity contribution in [3.8, 4) is 28.8 Å². The summed E-state index contributed by atoms with van der Waals surface area (Å²) in [4.78, 5) is 0. The fourth-order valence-corrected chi connectivity index (χ4v) is 2.75. The van der Waals surface area contributed by atoms with Crippen molar-refractivity contribution in [2.24, 2.45) is 0 Å². The van der Waals surface area contributed by atoms with Crippen LogP contribution >= 0.6 is 0 Å². The topological polar surface area (TPSA) is 79.5 Å². The van der Waals surface area contributed by atoms with Gasteiger partial charge in [-0.15, -0.1) is 5.10 Å². The van der Waals surface area contributed by atoms with Crippen LogP contribution in [0.2, 0.25) is 0 Å². The molecule has 4 rings (SSSR count). The summed E-state index contributed by atoms with van der Waals surface area (Å²) in [6.45, 7) is 0. The molecule has 24 heavy (non-hydrogen) atoms. The SMILES string of the molecule is COc1ccc(-n2ccc3ccc(-c4n[nH]nc4C#N)cc32)cc1. The maximum atomic E-state index is 9.13. The highest BCUT2D eigenvalue weighted by molar-refractivity contribution is 5.86. The molecule has 0 radical (unpaired) electrons. The smallest absolute Gasteiger partial charge is 0.190 e. The van der Waals surface area contributed by atoms with Crippen LogP contribution in [0.15, 0.2) is 54.7 Å². The molecule has 1 N–H and O–H groups in total. The highest BCUT2D eigenvalue weighted by Crippen LogP contribution is 2.27. The van der Waals surface area contributed by atoms with Gasteiger partial charge in [0.05, 0.1) is 12.6 Å². The van der Waals surface area contributed by atoms with Gasteiger partial charge in [-0.3, -0.25) is 0 Å². The van der Waals surface area contributed by atoms with E-state index < -0.39 is 0 Å². The van der Waals surface area contributed by atoms with Crippen molar-refractivity contribution in [3.05, 3.63) is 60.4 Å². The minimum Gasteiger partial charge on any atom is -0.497 e. The molecule has 0 unspecified atom stereocenters. The second kappa shape index (κ2) is 5.56. The fourth-order valence-electron chi connectivity index (χ4n) is 2.75.